The van der Waals surface area contributed by atoms with Gasteiger partial charge in [-0.15, -0.1) is 34.9 Å². The standard InChI is InChI=1S/C30H23N2.C5H8O2.Ir/c1-20(2)14-22-16-25(23-6-4-3-5-7-23)18-26(17-22)30-29-11-9-24-15-21(19-31)8-10-27(24)28(29)12-13-32-30;1-4(6)3-5(2)7;/h3-13,15-16,18,20H,14H2,1-2H3;3,6H,1-2H3;/q-1;;/b;4-3-;. The zero-order chi connectivity index (χ0) is 27.9. The first kappa shape index (κ1) is 30.4. The largest absolute Gasteiger partial charge is 0.512 e. The van der Waals surface area contributed by atoms with Gasteiger partial charge in [-0.05, 0) is 77.2 Å². The van der Waals surface area contributed by atoms with E-state index in [4.69, 9.17) is 10.1 Å². The molecule has 5 aromatic rings. The zero-order valence-corrected chi connectivity index (χ0v) is 25.4. The Bertz CT molecular complexity index is 1710. The predicted octanol–water partition coefficient (Wildman–Crippen LogP) is 8.63. The fraction of sp³-hybridized carbons (Fsp3) is 0.171. The second-order valence-electron chi connectivity index (χ2n) is 10.0. The molecule has 0 saturated heterocycles. The first-order valence-corrected chi connectivity index (χ1v) is 13.0. The van der Waals surface area contributed by atoms with Crippen molar-refractivity contribution in [3.05, 3.63) is 114 Å². The maximum Gasteiger partial charge on any atom is 0.155 e. The van der Waals surface area contributed by atoms with Crippen LogP contribution < -0.4 is 0 Å². The molecular weight excluding hydrogens is 673 g/mol. The molecule has 0 atom stereocenters. The van der Waals surface area contributed by atoms with Gasteiger partial charge in [-0.1, -0.05) is 62.4 Å². The minimum Gasteiger partial charge on any atom is -0.512 e. The Kier molecular flexibility index (Phi) is 10.5. The average Bonchev–Trinajstić information content (AvgIpc) is 2.91. The van der Waals surface area contributed by atoms with Crippen LogP contribution in [0.5, 0.6) is 0 Å². The van der Waals surface area contributed by atoms with Crippen LogP contribution in [0.15, 0.2) is 96.9 Å². The summed E-state index contributed by atoms with van der Waals surface area (Å²) in [5.41, 5.74) is 6.22. The fourth-order valence-corrected chi connectivity index (χ4v) is 4.68. The van der Waals surface area contributed by atoms with Gasteiger partial charge in [-0.25, -0.2) is 0 Å². The number of allylic oxidation sites excluding steroid dienone is 2. The molecule has 0 aliphatic heterocycles. The van der Waals surface area contributed by atoms with Crippen LogP contribution in [-0.4, -0.2) is 15.9 Å². The molecule has 40 heavy (non-hydrogen) atoms. The van der Waals surface area contributed by atoms with Crippen molar-refractivity contribution in [3.8, 4) is 28.5 Å². The monoisotopic (exact) mass is 704 g/mol. The van der Waals surface area contributed by atoms with E-state index in [0.29, 0.717) is 11.5 Å². The third-order valence-electron chi connectivity index (χ3n) is 6.22. The van der Waals surface area contributed by atoms with Gasteiger partial charge in [-0.3, -0.25) is 4.79 Å². The third kappa shape index (κ3) is 7.51. The number of hydrogen-bond acceptors (Lipinski definition) is 4. The van der Waals surface area contributed by atoms with Gasteiger partial charge in [0.05, 0.1) is 17.4 Å². The van der Waals surface area contributed by atoms with Crippen molar-refractivity contribution in [2.75, 3.05) is 0 Å². The summed E-state index contributed by atoms with van der Waals surface area (Å²) in [6.45, 7) is 7.32. The second-order valence-corrected chi connectivity index (χ2v) is 10.0. The molecule has 0 amide bonds. The fourth-order valence-electron chi connectivity index (χ4n) is 4.68. The summed E-state index contributed by atoms with van der Waals surface area (Å²) in [6, 6.07) is 32.9. The zero-order valence-electron chi connectivity index (χ0n) is 23.0. The minimum absolute atomic E-state index is 0. The molecule has 1 heterocycles. The smallest absolute Gasteiger partial charge is 0.155 e. The Hall–Kier alpha value is -4.10. The van der Waals surface area contributed by atoms with Crippen LogP contribution in [0.4, 0.5) is 0 Å². The number of fused-ring (bicyclic) bond motifs is 3. The van der Waals surface area contributed by atoms with E-state index in [-0.39, 0.29) is 31.6 Å². The molecule has 0 aliphatic rings. The Morgan fingerprint density at radius 2 is 1.68 bits per heavy atom. The van der Waals surface area contributed by atoms with Crippen LogP contribution >= 0.6 is 0 Å². The van der Waals surface area contributed by atoms with Gasteiger partial charge in [-0.2, -0.15) is 5.26 Å². The molecule has 4 nitrogen and oxygen atoms in total. The number of hydrogen-bond donors (Lipinski definition) is 1. The normalized spacial score (nSPS) is 10.9. The van der Waals surface area contributed by atoms with Crippen molar-refractivity contribution >= 4 is 27.3 Å². The summed E-state index contributed by atoms with van der Waals surface area (Å²) < 4.78 is 0. The molecule has 1 radical (unpaired) electrons. The van der Waals surface area contributed by atoms with Gasteiger partial charge >= 0.3 is 0 Å². The molecule has 0 spiro atoms. The SMILES string of the molecule is CC(=O)/C=C(/C)O.CC(C)Cc1[c-]c(-c2nccc3c2ccc2cc(C#N)ccc23)cc(-c2ccccc2)c1.[Ir]. The van der Waals surface area contributed by atoms with Crippen molar-refractivity contribution in [3.63, 3.8) is 0 Å². The van der Waals surface area contributed by atoms with E-state index in [1.807, 2.05) is 30.5 Å². The average molecular weight is 704 g/mol. The molecule has 5 rings (SSSR count). The number of carbonyl (C=O) groups excluding carboxylic acids is 1. The quantitative estimate of drug-likeness (QED) is 0.0861. The number of aromatic nitrogens is 1. The number of benzene rings is 4. The summed E-state index contributed by atoms with van der Waals surface area (Å²) in [4.78, 5) is 14.8. The number of rotatable bonds is 5. The molecule has 4 aromatic carbocycles. The molecule has 0 fully saturated rings. The van der Waals surface area contributed by atoms with Crippen LogP contribution in [-0.2, 0) is 31.3 Å². The number of aliphatic hydroxyl groups excluding tert-OH is 1. The van der Waals surface area contributed by atoms with Crippen LogP contribution in [0.1, 0.15) is 38.8 Å². The molecule has 0 saturated carbocycles. The molecule has 0 aliphatic carbocycles. The number of nitrogens with zero attached hydrogens (tertiary/aromatic N) is 2. The van der Waals surface area contributed by atoms with Crippen molar-refractivity contribution in [1.82, 2.24) is 4.98 Å². The van der Waals surface area contributed by atoms with Gasteiger partial charge in [0.2, 0.25) is 0 Å². The van der Waals surface area contributed by atoms with Gasteiger partial charge in [0.15, 0.2) is 5.78 Å². The van der Waals surface area contributed by atoms with E-state index in [1.165, 1.54) is 36.6 Å². The Balaban J connectivity index is 0.000000492. The van der Waals surface area contributed by atoms with E-state index >= 15 is 0 Å². The third-order valence-corrected chi connectivity index (χ3v) is 6.22. The minimum atomic E-state index is -0.125. The summed E-state index contributed by atoms with van der Waals surface area (Å²) in [6.07, 6.45) is 4.01. The van der Waals surface area contributed by atoms with E-state index in [0.717, 1.165) is 39.2 Å². The predicted molar refractivity (Wildman–Crippen MR) is 159 cm³/mol. The molecule has 1 aromatic heterocycles. The van der Waals surface area contributed by atoms with Gasteiger partial charge < -0.3 is 10.1 Å². The number of aliphatic hydroxyl groups is 1. The van der Waals surface area contributed by atoms with Gasteiger partial charge in [0, 0.05) is 32.4 Å². The van der Waals surface area contributed by atoms with Gasteiger partial charge in [0.1, 0.15) is 0 Å². The first-order chi connectivity index (χ1) is 18.7. The van der Waals surface area contributed by atoms with Crippen LogP contribution in [0.25, 0.3) is 43.9 Å². The maximum absolute atomic E-state index is 10.0. The van der Waals surface area contributed by atoms with E-state index in [2.05, 4.69) is 80.6 Å². The maximum atomic E-state index is 10.0. The van der Waals surface area contributed by atoms with Crippen molar-refractivity contribution in [2.24, 2.45) is 5.92 Å². The Morgan fingerprint density at radius 3 is 2.30 bits per heavy atom. The number of ketones is 1. The van der Waals surface area contributed by atoms with Gasteiger partial charge in [0.25, 0.3) is 0 Å². The molecule has 0 unspecified atom stereocenters. The molecule has 203 valence electrons. The number of pyridine rings is 1. The molecule has 0 bridgehead atoms. The summed E-state index contributed by atoms with van der Waals surface area (Å²) in [7, 11) is 0. The second kappa shape index (κ2) is 13.8. The number of nitriles is 1. The topological polar surface area (TPSA) is 74.0 Å². The van der Waals surface area contributed by atoms with Crippen molar-refractivity contribution in [1.29, 1.82) is 5.26 Å². The molecule has 5 heteroatoms. The van der Waals surface area contributed by atoms with E-state index in [9.17, 15) is 10.1 Å². The van der Waals surface area contributed by atoms with Crippen molar-refractivity contribution in [2.45, 2.75) is 34.1 Å². The summed E-state index contributed by atoms with van der Waals surface area (Å²) in [5, 5.41) is 22.0. The van der Waals surface area contributed by atoms with Crippen molar-refractivity contribution < 1.29 is 30.0 Å². The first-order valence-electron chi connectivity index (χ1n) is 13.0. The van der Waals surface area contributed by atoms with E-state index < -0.39 is 0 Å². The summed E-state index contributed by atoms with van der Waals surface area (Å²) in [5.74, 6) is 0.483. The Morgan fingerprint density at radius 1 is 0.950 bits per heavy atom. The number of carbonyl (C=O) groups is 1. The Labute approximate surface area is 249 Å². The van der Waals surface area contributed by atoms with Crippen LogP contribution in [0.2, 0.25) is 0 Å². The molecule has 1 N–H and O–H groups in total. The van der Waals surface area contributed by atoms with E-state index in [1.54, 1.807) is 0 Å². The molecular formula is C35H31IrN2O2-. The summed E-state index contributed by atoms with van der Waals surface area (Å²) >= 11 is 0. The van der Waals surface area contributed by atoms with Crippen LogP contribution in [0.3, 0.4) is 0 Å². The van der Waals surface area contributed by atoms with Crippen LogP contribution in [0, 0.1) is 23.3 Å².